The Morgan fingerprint density at radius 1 is 1.67 bits per heavy atom. The van der Waals surface area contributed by atoms with E-state index in [2.05, 4.69) is 0 Å². The van der Waals surface area contributed by atoms with Crippen molar-refractivity contribution >= 4 is 0 Å². The van der Waals surface area contributed by atoms with Crippen LogP contribution in [0.1, 0.15) is 20.3 Å². The van der Waals surface area contributed by atoms with Crippen LogP contribution >= 0.6 is 0 Å². The van der Waals surface area contributed by atoms with E-state index in [1.807, 2.05) is 13.8 Å². The van der Waals surface area contributed by atoms with E-state index in [0.29, 0.717) is 6.42 Å². The van der Waals surface area contributed by atoms with E-state index >= 15 is 0 Å². The lowest BCUT2D eigenvalue weighted by Gasteiger charge is -1.98. The van der Waals surface area contributed by atoms with Crippen LogP contribution in [-0.4, -0.2) is 17.9 Å². The van der Waals surface area contributed by atoms with Crippen LogP contribution in [0.4, 0.5) is 4.39 Å². The standard InChI is InChI=1S/C7H13FO/c1-6(2)3-4-7(8)5-9/h3,7,9H,4-5H2,1-2H3/t7-/m0/s1. The van der Waals surface area contributed by atoms with Crippen molar-refractivity contribution in [1.82, 2.24) is 0 Å². The minimum Gasteiger partial charge on any atom is -0.393 e. The fourth-order valence-electron chi connectivity index (χ4n) is 0.438. The minimum atomic E-state index is -1.08. The van der Waals surface area contributed by atoms with E-state index in [4.69, 9.17) is 5.11 Å². The van der Waals surface area contributed by atoms with Crippen molar-refractivity contribution in [3.63, 3.8) is 0 Å². The van der Waals surface area contributed by atoms with Gasteiger partial charge in [-0.05, 0) is 20.3 Å². The monoisotopic (exact) mass is 132 g/mol. The predicted molar refractivity (Wildman–Crippen MR) is 36.0 cm³/mol. The van der Waals surface area contributed by atoms with Gasteiger partial charge in [0, 0.05) is 0 Å². The molecule has 0 unspecified atom stereocenters. The molecule has 0 amide bonds. The molecule has 1 nitrogen and oxygen atoms in total. The Balaban J connectivity index is 3.37. The molecule has 0 fully saturated rings. The Bertz CT molecular complexity index is 95.1. The van der Waals surface area contributed by atoms with Crippen molar-refractivity contribution in [3.8, 4) is 0 Å². The molecule has 0 saturated heterocycles. The highest BCUT2D eigenvalue weighted by atomic mass is 19.1. The number of hydrogen-bond acceptors (Lipinski definition) is 1. The summed E-state index contributed by atoms with van der Waals surface area (Å²) in [7, 11) is 0. The topological polar surface area (TPSA) is 20.2 Å². The summed E-state index contributed by atoms with van der Waals surface area (Å²) in [6.45, 7) is 3.44. The molecule has 0 aliphatic rings. The van der Waals surface area contributed by atoms with Gasteiger partial charge in [0.1, 0.15) is 6.17 Å². The molecule has 54 valence electrons. The van der Waals surface area contributed by atoms with Crippen LogP contribution in [0.25, 0.3) is 0 Å². The normalized spacial score (nSPS) is 12.9. The molecule has 0 bridgehead atoms. The van der Waals surface area contributed by atoms with Gasteiger partial charge >= 0.3 is 0 Å². The molecule has 0 radical (unpaired) electrons. The number of allylic oxidation sites excluding steroid dienone is 2. The fraction of sp³-hybridized carbons (Fsp3) is 0.714. The molecule has 0 heterocycles. The molecule has 0 aromatic carbocycles. The molecule has 1 atom stereocenters. The average molecular weight is 132 g/mol. The highest BCUT2D eigenvalue weighted by molar-refractivity contribution is 4.93. The molecule has 0 aromatic rings. The first-order valence-corrected chi connectivity index (χ1v) is 3.05. The van der Waals surface area contributed by atoms with Crippen molar-refractivity contribution in [2.75, 3.05) is 6.61 Å². The van der Waals surface area contributed by atoms with Crippen LogP contribution in [0.5, 0.6) is 0 Å². The maximum Gasteiger partial charge on any atom is 0.126 e. The molecular weight excluding hydrogens is 119 g/mol. The Morgan fingerprint density at radius 2 is 2.22 bits per heavy atom. The summed E-state index contributed by atoms with van der Waals surface area (Å²) in [4.78, 5) is 0. The first-order chi connectivity index (χ1) is 4.16. The Kier molecular flexibility index (Phi) is 4.32. The molecular formula is C7H13FO. The van der Waals surface area contributed by atoms with E-state index in [0.717, 1.165) is 5.57 Å². The lowest BCUT2D eigenvalue weighted by Crippen LogP contribution is -2.03. The predicted octanol–water partition coefficient (Wildman–Crippen LogP) is 1.67. The zero-order chi connectivity index (χ0) is 7.28. The third-order valence-corrected chi connectivity index (χ3v) is 0.980. The lowest BCUT2D eigenvalue weighted by molar-refractivity contribution is 0.179. The summed E-state index contributed by atoms with van der Waals surface area (Å²) in [5.41, 5.74) is 1.09. The van der Waals surface area contributed by atoms with Crippen molar-refractivity contribution in [1.29, 1.82) is 0 Å². The summed E-state index contributed by atoms with van der Waals surface area (Å²) in [6, 6.07) is 0. The molecule has 0 aromatic heterocycles. The molecule has 1 N–H and O–H groups in total. The molecule has 0 rings (SSSR count). The molecule has 2 heteroatoms. The van der Waals surface area contributed by atoms with Gasteiger partial charge in [0.05, 0.1) is 6.61 Å². The third-order valence-electron chi connectivity index (χ3n) is 0.980. The fourth-order valence-corrected chi connectivity index (χ4v) is 0.438. The maximum atomic E-state index is 12.2. The zero-order valence-corrected chi connectivity index (χ0v) is 5.89. The number of aliphatic hydroxyl groups is 1. The number of hydrogen-bond donors (Lipinski definition) is 1. The van der Waals surface area contributed by atoms with Gasteiger partial charge in [-0.2, -0.15) is 0 Å². The first-order valence-electron chi connectivity index (χ1n) is 3.05. The Morgan fingerprint density at radius 3 is 2.56 bits per heavy atom. The maximum absolute atomic E-state index is 12.2. The summed E-state index contributed by atoms with van der Waals surface area (Å²) >= 11 is 0. The largest absolute Gasteiger partial charge is 0.393 e. The number of alkyl halides is 1. The Labute approximate surface area is 55.2 Å². The van der Waals surface area contributed by atoms with E-state index in [1.54, 1.807) is 6.08 Å². The molecule has 0 aliphatic carbocycles. The van der Waals surface area contributed by atoms with E-state index in [9.17, 15) is 4.39 Å². The third kappa shape index (κ3) is 5.50. The van der Waals surface area contributed by atoms with Crippen LogP contribution in [-0.2, 0) is 0 Å². The van der Waals surface area contributed by atoms with Gasteiger partial charge in [0.15, 0.2) is 0 Å². The van der Waals surface area contributed by atoms with Crippen LogP contribution in [0, 0.1) is 0 Å². The number of rotatable bonds is 3. The van der Waals surface area contributed by atoms with Gasteiger partial charge in [0.2, 0.25) is 0 Å². The Hall–Kier alpha value is -0.370. The van der Waals surface area contributed by atoms with Crippen LogP contribution in [0.15, 0.2) is 11.6 Å². The zero-order valence-electron chi connectivity index (χ0n) is 5.89. The van der Waals surface area contributed by atoms with Gasteiger partial charge in [-0.1, -0.05) is 11.6 Å². The van der Waals surface area contributed by atoms with Crippen LogP contribution in [0.3, 0.4) is 0 Å². The molecule has 0 spiro atoms. The van der Waals surface area contributed by atoms with Crippen molar-refractivity contribution in [2.24, 2.45) is 0 Å². The van der Waals surface area contributed by atoms with Gasteiger partial charge in [0.25, 0.3) is 0 Å². The summed E-state index contributed by atoms with van der Waals surface area (Å²) in [5.74, 6) is 0. The number of halogens is 1. The van der Waals surface area contributed by atoms with Crippen LogP contribution < -0.4 is 0 Å². The van der Waals surface area contributed by atoms with E-state index in [1.165, 1.54) is 0 Å². The first kappa shape index (κ1) is 8.63. The van der Waals surface area contributed by atoms with Gasteiger partial charge in [-0.25, -0.2) is 4.39 Å². The van der Waals surface area contributed by atoms with Crippen molar-refractivity contribution in [2.45, 2.75) is 26.4 Å². The van der Waals surface area contributed by atoms with Crippen LogP contribution in [0.2, 0.25) is 0 Å². The van der Waals surface area contributed by atoms with E-state index in [-0.39, 0.29) is 6.61 Å². The molecule has 0 aliphatic heterocycles. The van der Waals surface area contributed by atoms with Gasteiger partial charge in [-0.15, -0.1) is 0 Å². The second kappa shape index (κ2) is 4.50. The quantitative estimate of drug-likeness (QED) is 0.579. The summed E-state index contributed by atoms with van der Waals surface area (Å²) in [6.07, 6.45) is 1.03. The second-order valence-electron chi connectivity index (χ2n) is 2.30. The van der Waals surface area contributed by atoms with Gasteiger partial charge in [-0.3, -0.25) is 0 Å². The number of aliphatic hydroxyl groups excluding tert-OH is 1. The SMILES string of the molecule is CC(C)=CC[C@H](F)CO. The smallest absolute Gasteiger partial charge is 0.126 e. The summed E-state index contributed by atoms with van der Waals surface area (Å²) < 4.78 is 12.2. The van der Waals surface area contributed by atoms with Crippen molar-refractivity contribution < 1.29 is 9.50 Å². The second-order valence-corrected chi connectivity index (χ2v) is 2.30. The van der Waals surface area contributed by atoms with E-state index < -0.39 is 6.17 Å². The molecule has 9 heavy (non-hydrogen) atoms. The highest BCUT2D eigenvalue weighted by Gasteiger charge is 1.99. The van der Waals surface area contributed by atoms with Gasteiger partial charge < -0.3 is 5.11 Å². The highest BCUT2D eigenvalue weighted by Crippen LogP contribution is 2.00. The average Bonchev–Trinajstić information content (AvgIpc) is 1.83. The minimum absolute atomic E-state index is 0.332. The lowest BCUT2D eigenvalue weighted by atomic mass is 10.2. The summed E-state index contributed by atoms with van der Waals surface area (Å²) in [5, 5.41) is 8.24. The molecule has 0 saturated carbocycles. The van der Waals surface area contributed by atoms with Crippen molar-refractivity contribution in [3.05, 3.63) is 11.6 Å².